The van der Waals surface area contributed by atoms with Gasteiger partial charge < -0.3 is 4.74 Å². The molecule has 1 heterocycles. The molecule has 5 nitrogen and oxygen atoms in total. The van der Waals surface area contributed by atoms with E-state index >= 15 is 0 Å². The fourth-order valence-corrected chi connectivity index (χ4v) is 2.85. The maximum Gasteiger partial charge on any atom is 0.354 e. The van der Waals surface area contributed by atoms with Crippen LogP contribution >= 0.6 is 23.4 Å². The molecule has 0 aliphatic carbocycles. The van der Waals surface area contributed by atoms with E-state index in [1.807, 2.05) is 0 Å². The van der Waals surface area contributed by atoms with Crippen molar-refractivity contribution in [3.05, 3.63) is 11.3 Å². The van der Waals surface area contributed by atoms with Crippen LogP contribution in [0.2, 0.25) is 0 Å². The van der Waals surface area contributed by atoms with E-state index in [0.29, 0.717) is 5.57 Å². The van der Waals surface area contributed by atoms with Gasteiger partial charge in [0.05, 0.1) is 7.11 Å². The van der Waals surface area contributed by atoms with Crippen molar-refractivity contribution in [1.82, 2.24) is 4.90 Å². The number of carbonyl (C=O) groups excluding carboxylic acids is 3. The number of hydrogen-bond acceptors (Lipinski definition) is 5. The number of halogens is 1. The van der Waals surface area contributed by atoms with Crippen LogP contribution < -0.4 is 0 Å². The second kappa shape index (κ2) is 5.75. The van der Waals surface area contributed by atoms with Crippen molar-refractivity contribution < 1.29 is 19.1 Å². The normalized spacial score (nSPS) is 22.3. The molecule has 0 aromatic carbocycles. The SMILES string of the molecule is COC(=O)C(=C(C)C)N1C(=O)C(Cl)C1SC(C)=O. The first kappa shape index (κ1) is 15.0. The van der Waals surface area contributed by atoms with Gasteiger partial charge in [0.25, 0.3) is 0 Å². The van der Waals surface area contributed by atoms with Crippen molar-refractivity contribution in [3.63, 3.8) is 0 Å². The van der Waals surface area contributed by atoms with Gasteiger partial charge in [-0.15, -0.1) is 11.6 Å². The first-order valence-electron chi connectivity index (χ1n) is 5.21. The smallest absolute Gasteiger partial charge is 0.354 e. The van der Waals surface area contributed by atoms with E-state index in [2.05, 4.69) is 4.74 Å². The number of β-lactam (4-membered cyclic amide) rings is 1. The highest BCUT2D eigenvalue weighted by molar-refractivity contribution is 8.14. The highest BCUT2D eigenvalue weighted by atomic mass is 35.5. The largest absolute Gasteiger partial charge is 0.464 e. The Morgan fingerprint density at radius 3 is 2.28 bits per heavy atom. The van der Waals surface area contributed by atoms with E-state index in [9.17, 15) is 14.4 Å². The number of hydrogen-bond donors (Lipinski definition) is 0. The number of ether oxygens (including phenoxy) is 1. The molecule has 18 heavy (non-hydrogen) atoms. The maximum atomic E-state index is 11.7. The van der Waals surface area contributed by atoms with Gasteiger partial charge in [-0.05, 0) is 19.4 Å². The lowest BCUT2D eigenvalue weighted by Crippen LogP contribution is -2.61. The summed E-state index contributed by atoms with van der Waals surface area (Å²) in [7, 11) is 1.24. The molecule has 7 heteroatoms. The molecule has 1 fully saturated rings. The van der Waals surface area contributed by atoms with Crippen molar-refractivity contribution >= 4 is 40.4 Å². The molecule has 1 aliphatic heterocycles. The van der Waals surface area contributed by atoms with Gasteiger partial charge in [-0.1, -0.05) is 11.8 Å². The highest BCUT2D eigenvalue weighted by Gasteiger charge is 2.51. The third-order valence-corrected chi connectivity index (χ3v) is 3.99. The molecule has 0 aromatic rings. The molecular formula is C11H14ClNO4S. The number of alkyl halides is 1. The Morgan fingerprint density at radius 2 is 1.89 bits per heavy atom. The lowest BCUT2D eigenvalue weighted by molar-refractivity contribution is -0.147. The third-order valence-electron chi connectivity index (χ3n) is 2.36. The van der Waals surface area contributed by atoms with Crippen LogP contribution in [0.15, 0.2) is 11.3 Å². The molecular weight excluding hydrogens is 278 g/mol. The number of methoxy groups -OCH3 is 1. The van der Waals surface area contributed by atoms with Gasteiger partial charge in [0.15, 0.2) is 5.12 Å². The summed E-state index contributed by atoms with van der Waals surface area (Å²) in [5, 5.41) is -1.51. The maximum absolute atomic E-state index is 11.7. The van der Waals surface area contributed by atoms with Gasteiger partial charge in [-0.25, -0.2) is 4.79 Å². The number of thioether (sulfide) groups is 1. The van der Waals surface area contributed by atoms with Crippen molar-refractivity contribution in [2.75, 3.05) is 7.11 Å². The first-order chi connectivity index (χ1) is 8.31. The van der Waals surface area contributed by atoms with E-state index < -0.39 is 22.6 Å². The van der Waals surface area contributed by atoms with Crippen molar-refractivity contribution in [2.24, 2.45) is 0 Å². The third kappa shape index (κ3) is 2.70. The van der Waals surface area contributed by atoms with Crippen LogP contribution in [-0.4, -0.2) is 39.8 Å². The van der Waals surface area contributed by atoms with Crippen LogP contribution in [0.25, 0.3) is 0 Å². The highest BCUT2D eigenvalue weighted by Crippen LogP contribution is 2.38. The van der Waals surface area contributed by atoms with Crippen LogP contribution in [0, 0.1) is 0 Å². The van der Waals surface area contributed by atoms with Gasteiger partial charge in [-0.3, -0.25) is 14.5 Å². The van der Waals surface area contributed by atoms with E-state index in [4.69, 9.17) is 11.6 Å². The molecule has 0 aromatic heterocycles. The molecule has 1 rings (SSSR count). The summed E-state index contributed by atoms with van der Waals surface area (Å²) in [5.74, 6) is -1.00. The summed E-state index contributed by atoms with van der Waals surface area (Å²) in [5.41, 5.74) is 0.783. The molecule has 2 unspecified atom stereocenters. The van der Waals surface area contributed by atoms with E-state index in [-0.39, 0.29) is 10.8 Å². The number of rotatable bonds is 3. The minimum Gasteiger partial charge on any atom is -0.464 e. The average molecular weight is 292 g/mol. The van der Waals surface area contributed by atoms with Gasteiger partial charge in [0.2, 0.25) is 5.91 Å². The number of esters is 1. The van der Waals surface area contributed by atoms with Crippen LogP contribution in [0.4, 0.5) is 0 Å². The lowest BCUT2D eigenvalue weighted by atomic mass is 10.1. The zero-order chi connectivity index (χ0) is 14.0. The van der Waals surface area contributed by atoms with Crippen LogP contribution in [0.1, 0.15) is 20.8 Å². The molecule has 1 saturated heterocycles. The van der Waals surface area contributed by atoms with Gasteiger partial charge in [-0.2, -0.15) is 0 Å². The molecule has 100 valence electrons. The van der Waals surface area contributed by atoms with E-state index in [1.165, 1.54) is 18.9 Å². The Kier molecular flexibility index (Phi) is 4.81. The summed E-state index contributed by atoms with van der Waals surface area (Å²) in [4.78, 5) is 35.7. The molecule has 0 radical (unpaired) electrons. The summed E-state index contributed by atoms with van der Waals surface area (Å²) >= 11 is 6.79. The standard InChI is InChI=1S/C11H14ClNO4S/c1-5(2)8(11(16)17-4)13-9(15)7(12)10(13)18-6(3)14/h7,10H,1-4H3. The average Bonchev–Trinajstić information content (AvgIpc) is 2.31. The number of likely N-dealkylation sites (tertiary alicyclic amines) is 1. The minimum absolute atomic E-state index is 0.151. The van der Waals surface area contributed by atoms with Crippen molar-refractivity contribution in [3.8, 4) is 0 Å². The Hall–Kier alpha value is -1.01. The molecule has 0 bridgehead atoms. The molecule has 2 atom stereocenters. The van der Waals surface area contributed by atoms with Crippen LogP contribution in [-0.2, 0) is 19.1 Å². The molecule has 0 saturated carbocycles. The summed E-state index contributed by atoms with van der Waals surface area (Å²) in [6, 6.07) is 0. The Morgan fingerprint density at radius 1 is 1.33 bits per heavy atom. The predicted octanol–water partition coefficient (Wildman–Crippen LogP) is 1.51. The molecule has 1 aliphatic rings. The lowest BCUT2D eigenvalue weighted by Gasteiger charge is -2.43. The number of amides is 1. The van der Waals surface area contributed by atoms with Crippen molar-refractivity contribution in [1.29, 1.82) is 0 Å². The van der Waals surface area contributed by atoms with Gasteiger partial charge >= 0.3 is 5.97 Å². The second-order valence-electron chi connectivity index (χ2n) is 3.95. The molecule has 0 spiro atoms. The van der Waals surface area contributed by atoms with Gasteiger partial charge in [0, 0.05) is 6.92 Å². The second-order valence-corrected chi connectivity index (χ2v) is 5.71. The molecule has 1 amide bonds. The number of allylic oxidation sites excluding steroid dienone is 1. The zero-order valence-corrected chi connectivity index (χ0v) is 12.1. The summed E-state index contributed by atoms with van der Waals surface area (Å²) < 4.78 is 4.64. The van der Waals surface area contributed by atoms with Crippen LogP contribution in [0.5, 0.6) is 0 Å². The Labute approximate surface area is 114 Å². The van der Waals surface area contributed by atoms with Crippen molar-refractivity contribution in [2.45, 2.75) is 31.5 Å². The summed E-state index contributed by atoms with van der Waals surface area (Å²) in [6.07, 6.45) is 0. The van der Waals surface area contributed by atoms with Crippen LogP contribution in [0.3, 0.4) is 0 Å². The number of nitrogens with zero attached hydrogens (tertiary/aromatic N) is 1. The Balaban J connectivity index is 3.05. The number of carbonyl (C=O) groups is 3. The molecule has 0 N–H and O–H groups in total. The Bertz CT molecular complexity index is 431. The first-order valence-corrected chi connectivity index (χ1v) is 6.53. The monoisotopic (exact) mass is 291 g/mol. The zero-order valence-electron chi connectivity index (χ0n) is 10.5. The predicted molar refractivity (Wildman–Crippen MR) is 68.9 cm³/mol. The van der Waals surface area contributed by atoms with E-state index in [1.54, 1.807) is 13.8 Å². The summed E-state index contributed by atoms with van der Waals surface area (Å²) in [6.45, 7) is 4.77. The fraction of sp³-hybridized carbons (Fsp3) is 0.545. The minimum atomic E-state index is -0.794. The van der Waals surface area contributed by atoms with Gasteiger partial charge in [0.1, 0.15) is 16.4 Å². The topological polar surface area (TPSA) is 63.7 Å². The fourth-order valence-electron chi connectivity index (χ4n) is 1.59. The quantitative estimate of drug-likeness (QED) is 0.341. The van der Waals surface area contributed by atoms with E-state index in [0.717, 1.165) is 11.8 Å².